The van der Waals surface area contributed by atoms with Gasteiger partial charge in [0.05, 0.1) is 0 Å². The van der Waals surface area contributed by atoms with Crippen LogP contribution in [0.1, 0.15) is 20.3 Å². The number of nitrogens with zero attached hydrogens (tertiary/aromatic N) is 6. The summed E-state index contributed by atoms with van der Waals surface area (Å²) in [7, 11) is 0. The van der Waals surface area contributed by atoms with Gasteiger partial charge in [-0.05, 0) is 20.3 Å². The molecule has 0 aromatic rings. The van der Waals surface area contributed by atoms with E-state index in [0.29, 0.717) is 32.6 Å². The van der Waals surface area contributed by atoms with Gasteiger partial charge < -0.3 is 31.7 Å². The Morgan fingerprint density at radius 2 is 1.19 bits per heavy atom. The largest absolute Gasteiger partial charge is 0.409 e. The maximum Gasteiger partial charge on any atom is 0.332 e. The normalized spacial score (nSPS) is 17.4. The van der Waals surface area contributed by atoms with Gasteiger partial charge in [0.15, 0.2) is 11.7 Å². The molecule has 1 saturated heterocycles. The third-order valence-electron chi connectivity index (χ3n) is 3.60. The lowest BCUT2D eigenvalue weighted by Gasteiger charge is -2.24. The lowest BCUT2D eigenvalue weighted by Crippen LogP contribution is -2.42. The topological polar surface area (TPSA) is 207 Å². The van der Waals surface area contributed by atoms with Gasteiger partial charge >= 0.3 is 12.1 Å². The molecule has 1 rings (SSSR count). The standard InChI is InChI=1S/C13H24N10O4/c1-8(16-18-12(14)24)10(20-26)22-4-3-5-23(7-6-22)11(21-27)9(2)17-19-13(15)25/h26-27H,3-7H2,1-2H3,(H3,14,18,24)(H3,15,19,25)/b16-8+,17-9+,20-10-,21-11+. The first kappa shape index (κ1) is 21.5. The van der Waals surface area contributed by atoms with Crippen LogP contribution >= 0.6 is 0 Å². The highest BCUT2D eigenvalue weighted by molar-refractivity contribution is 6.41. The summed E-state index contributed by atoms with van der Waals surface area (Å²) in [6.45, 7) is 4.96. The minimum Gasteiger partial charge on any atom is -0.409 e. The van der Waals surface area contributed by atoms with E-state index in [2.05, 4.69) is 31.4 Å². The molecule has 1 aliphatic rings. The molecule has 0 unspecified atom stereocenters. The lowest BCUT2D eigenvalue weighted by molar-refractivity contribution is 0.248. The smallest absolute Gasteiger partial charge is 0.332 e. The van der Waals surface area contributed by atoms with Gasteiger partial charge in [0, 0.05) is 26.2 Å². The zero-order valence-corrected chi connectivity index (χ0v) is 15.1. The third-order valence-corrected chi connectivity index (χ3v) is 3.60. The van der Waals surface area contributed by atoms with Crippen molar-refractivity contribution in [2.75, 3.05) is 26.2 Å². The van der Waals surface area contributed by atoms with Gasteiger partial charge in [0.2, 0.25) is 0 Å². The highest BCUT2D eigenvalue weighted by Crippen LogP contribution is 2.07. The van der Waals surface area contributed by atoms with E-state index in [9.17, 15) is 20.0 Å². The number of hydrogen-bond acceptors (Lipinski definition) is 8. The molecule has 1 aliphatic heterocycles. The van der Waals surface area contributed by atoms with E-state index in [1.54, 1.807) is 23.6 Å². The van der Waals surface area contributed by atoms with Crippen LogP contribution in [0.4, 0.5) is 9.59 Å². The molecule has 1 heterocycles. The maximum atomic E-state index is 10.8. The number of nitrogens with one attached hydrogen (secondary N) is 2. The van der Waals surface area contributed by atoms with Crippen molar-refractivity contribution in [3.8, 4) is 0 Å². The summed E-state index contributed by atoms with van der Waals surface area (Å²) in [5, 5.41) is 32.6. The summed E-state index contributed by atoms with van der Waals surface area (Å²) < 4.78 is 0. The van der Waals surface area contributed by atoms with Crippen LogP contribution in [0.3, 0.4) is 0 Å². The summed E-state index contributed by atoms with van der Waals surface area (Å²) in [4.78, 5) is 25.0. The van der Waals surface area contributed by atoms with Crippen molar-refractivity contribution in [3.63, 3.8) is 0 Å². The van der Waals surface area contributed by atoms with Gasteiger partial charge in [0.1, 0.15) is 11.4 Å². The number of rotatable bonds is 4. The van der Waals surface area contributed by atoms with Crippen LogP contribution in [-0.4, -0.2) is 81.6 Å². The molecule has 8 N–H and O–H groups in total. The Labute approximate surface area is 155 Å². The SMILES string of the molecule is CC(=N\NC(N)=O)/C(=N/O)N1CCCN(C(=N/O)/C(C)=N/NC(N)=O)CC1. The Balaban J connectivity index is 2.85. The Bertz CT molecular complexity index is 616. The van der Waals surface area contributed by atoms with E-state index in [1.165, 1.54) is 0 Å². The Kier molecular flexibility index (Phi) is 8.28. The van der Waals surface area contributed by atoms with Crippen LogP contribution in [0.5, 0.6) is 0 Å². The van der Waals surface area contributed by atoms with Gasteiger partial charge in [-0.25, -0.2) is 20.4 Å². The summed E-state index contributed by atoms with van der Waals surface area (Å²) in [5.74, 6) is 0.350. The van der Waals surface area contributed by atoms with Crippen LogP contribution in [0.15, 0.2) is 20.5 Å². The zero-order valence-electron chi connectivity index (χ0n) is 15.1. The van der Waals surface area contributed by atoms with Crippen molar-refractivity contribution in [2.24, 2.45) is 32.0 Å². The molecule has 1 fully saturated rings. The number of urea groups is 2. The highest BCUT2D eigenvalue weighted by Gasteiger charge is 2.23. The molecule has 0 saturated carbocycles. The molecule has 4 amide bonds. The van der Waals surface area contributed by atoms with E-state index in [4.69, 9.17) is 11.5 Å². The number of primary amides is 2. The fourth-order valence-electron chi connectivity index (χ4n) is 2.45. The molecule has 0 bridgehead atoms. The van der Waals surface area contributed by atoms with Gasteiger partial charge in [-0.15, -0.1) is 0 Å². The Morgan fingerprint density at radius 3 is 1.48 bits per heavy atom. The molecular weight excluding hydrogens is 360 g/mol. The molecule has 150 valence electrons. The van der Waals surface area contributed by atoms with E-state index in [-0.39, 0.29) is 23.1 Å². The summed E-state index contributed by atoms with van der Waals surface area (Å²) in [5.41, 5.74) is 14.6. The zero-order chi connectivity index (χ0) is 20.4. The van der Waals surface area contributed by atoms with Crippen molar-refractivity contribution >= 4 is 35.2 Å². The maximum absolute atomic E-state index is 10.8. The molecule has 0 atom stereocenters. The van der Waals surface area contributed by atoms with Crippen molar-refractivity contribution in [1.82, 2.24) is 20.7 Å². The van der Waals surface area contributed by atoms with Crippen LogP contribution < -0.4 is 22.3 Å². The number of amidine groups is 2. The van der Waals surface area contributed by atoms with Gasteiger partial charge in [-0.3, -0.25) is 0 Å². The molecule has 0 aromatic carbocycles. The first-order chi connectivity index (χ1) is 12.8. The molecule has 0 aromatic heterocycles. The predicted octanol–water partition coefficient (Wildman–Crippen LogP) is -1.34. The fourth-order valence-corrected chi connectivity index (χ4v) is 2.45. The summed E-state index contributed by atoms with van der Waals surface area (Å²) in [6.07, 6.45) is 0.630. The van der Waals surface area contributed by atoms with Crippen LogP contribution in [-0.2, 0) is 0 Å². The average Bonchev–Trinajstić information content (AvgIpc) is 2.86. The Hall–Kier alpha value is -3.58. The second kappa shape index (κ2) is 10.4. The van der Waals surface area contributed by atoms with E-state index < -0.39 is 12.1 Å². The van der Waals surface area contributed by atoms with Crippen molar-refractivity contribution < 1.29 is 20.0 Å². The van der Waals surface area contributed by atoms with Crippen LogP contribution in [0.2, 0.25) is 0 Å². The van der Waals surface area contributed by atoms with Crippen LogP contribution in [0.25, 0.3) is 0 Å². The van der Waals surface area contributed by atoms with Gasteiger partial charge in [-0.2, -0.15) is 10.2 Å². The second-order valence-corrected chi connectivity index (χ2v) is 5.52. The second-order valence-electron chi connectivity index (χ2n) is 5.52. The number of hydrogen-bond donors (Lipinski definition) is 6. The molecule has 14 heteroatoms. The fraction of sp³-hybridized carbons (Fsp3) is 0.538. The van der Waals surface area contributed by atoms with Gasteiger partial charge in [0.25, 0.3) is 0 Å². The van der Waals surface area contributed by atoms with E-state index >= 15 is 0 Å². The summed E-state index contributed by atoms with van der Waals surface area (Å²) in [6, 6.07) is -1.67. The monoisotopic (exact) mass is 384 g/mol. The number of carbonyl (C=O) groups is 2. The molecular formula is C13H24N10O4. The van der Waals surface area contributed by atoms with Crippen molar-refractivity contribution in [2.45, 2.75) is 20.3 Å². The minimum absolute atomic E-state index is 0.175. The summed E-state index contributed by atoms with van der Waals surface area (Å²) >= 11 is 0. The number of nitrogens with two attached hydrogens (primary N) is 2. The molecule has 0 spiro atoms. The molecule has 0 aliphatic carbocycles. The highest BCUT2D eigenvalue weighted by atomic mass is 16.4. The first-order valence-corrected chi connectivity index (χ1v) is 7.94. The molecule has 27 heavy (non-hydrogen) atoms. The quantitative estimate of drug-likeness (QED) is 0.149. The number of oxime groups is 2. The van der Waals surface area contributed by atoms with Gasteiger partial charge in [-0.1, -0.05) is 10.3 Å². The Morgan fingerprint density at radius 1 is 0.815 bits per heavy atom. The number of carbonyl (C=O) groups excluding carboxylic acids is 2. The first-order valence-electron chi connectivity index (χ1n) is 7.94. The van der Waals surface area contributed by atoms with E-state index in [0.717, 1.165) is 0 Å². The van der Waals surface area contributed by atoms with E-state index in [1.807, 2.05) is 0 Å². The lowest BCUT2D eigenvalue weighted by atomic mass is 10.3. The number of amides is 4. The number of hydrazone groups is 2. The van der Waals surface area contributed by atoms with Crippen molar-refractivity contribution in [1.29, 1.82) is 0 Å². The average molecular weight is 384 g/mol. The molecule has 0 radical (unpaired) electrons. The molecule has 14 nitrogen and oxygen atoms in total. The minimum atomic E-state index is -0.836. The van der Waals surface area contributed by atoms with Crippen LogP contribution in [0, 0.1) is 0 Å². The van der Waals surface area contributed by atoms with Crippen molar-refractivity contribution in [3.05, 3.63) is 0 Å². The third kappa shape index (κ3) is 6.68. The predicted molar refractivity (Wildman–Crippen MR) is 97.9 cm³/mol.